The lowest BCUT2D eigenvalue weighted by atomic mass is 9.82. The van der Waals surface area contributed by atoms with Gasteiger partial charge in [-0.15, -0.1) is 6.42 Å². The molecular formula is C14H14F2O5S. The summed E-state index contributed by atoms with van der Waals surface area (Å²) >= 11 is 0. The first-order valence-corrected chi connectivity index (χ1v) is 8.17. The van der Waals surface area contributed by atoms with Gasteiger partial charge in [-0.2, -0.15) is 17.2 Å². The molecule has 0 heterocycles. The topological polar surface area (TPSA) is 80.7 Å². The standard InChI is InChI=1S/C14H14F2O5S/c1-3-12-4-8(2)10(9-5-13(9,12)6-12)11(17)21-7-14(15,16)22(18,19)20/h1,8H,4-7H2,2H3,(H,18,19,20). The molecule has 0 saturated heterocycles. The largest absolute Gasteiger partial charge is 0.455 e. The first-order chi connectivity index (χ1) is 10.00. The van der Waals surface area contributed by atoms with Crippen molar-refractivity contribution in [3.05, 3.63) is 11.1 Å². The van der Waals surface area contributed by atoms with Gasteiger partial charge in [-0.05, 0) is 25.2 Å². The Morgan fingerprint density at radius 2 is 2.23 bits per heavy atom. The van der Waals surface area contributed by atoms with Gasteiger partial charge in [0.25, 0.3) is 0 Å². The molecule has 3 rings (SSSR count). The molecule has 1 N–H and O–H groups in total. The van der Waals surface area contributed by atoms with E-state index in [4.69, 9.17) is 11.0 Å². The fourth-order valence-electron chi connectivity index (χ4n) is 3.77. The van der Waals surface area contributed by atoms with Crippen molar-refractivity contribution in [3.8, 4) is 12.3 Å². The summed E-state index contributed by atoms with van der Waals surface area (Å²) in [4.78, 5) is 12.0. The highest BCUT2D eigenvalue weighted by Gasteiger charge is 2.79. The zero-order chi connectivity index (χ0) is 16.6. The third kappa shape index (κ3) is 1.85. The number of halogens is 2. The van der Waals surface area contributed by atoms with Crippen molar-refractivity contribution >= 4 is 16.1 Å². The molecule has 2 saturated carbocycles. The Labute approximate surface area is 126 Å². The first-order valence-electron chi connectivity index (χ1n) is 6.73. The molecule has 0 amide bonds. The molecule has 3 aliphatic rings. The summed E-state index contributed by atoms with van der Waals surface area (Å²) in [6.07, 6.45) is 7.61. The molecule has 3 atom stereocenters. The van der Waals surface area contributed by atoms with Gasteiger partial charge in [-0.1, -0.05) is 18.4 Å². The van der Waals surface area contributed by atoms with Crippen LogP contribution in [0.5, 0.6) is 0 Å². The number of esters is 1. The summed E-state index contributed by atoms with van der Waals surface area (Å²) < 4.78 is 60.0. The molecule has 0 aromatic carbocycles. The van der Waals surface area contributed by atoms with Crippen molar-refractivity contribution in [1.82, 2.24) is 0 Å². The van der Waals surface area contributed by atoms with E-state index >= 15 is 0 Å². The van der Waals surface area contributed by atoms with Crippen LogP contribution in [0.3, 0.4) is 0 Å². The van der Waals surface area contributed by atoms with E-state index in [1.165, 1.54) is 0 Å². The van der Waals surface area contributed by atoms with Crippen LogP contribution in [-0.4, -0.2) is 30.8 Å². The summed E-state index contributed by atoms with van der Waals surface area (Å²) in [7, 11) is -5.62. The van der Waals surface area contributed by atoms with Gasteiger partial charge in [0.15, 0.2) is 6.61 Å². The lowest BCUT2D eigenvalue weighted by Gasteiger charge is -2.23. The number of hydrogen-bond donors (Lipinski definition) is 1. The average Bonchev–Trinajstić information content (AvgIpc) is 3.24. The Morgan fingerprint density at radius 3 is 2.77 bits per heavy atom. The van der Waals surface area contributed by atoms with E-state index < -0.39 is 27.9 Å². The van der Waals surface area contributed by atoms with Crippen LogP contribution in [0, 0.1) is 29.1 Å². The van der Waals surface area contributed by atoms with Gasteiger partial charge in [-0.3, -0.25) is 4.55 Å². The van der Waals surface area contributed by atoms with E-state index in [1.54, 1.807) is 6.92 Å². The quantitative estimate of drug-likeness (QED) is 0.482. The number of rotatable bonds is 4. The van der Waals surface area contributed by atoms with Gasteiger partial charge in [-0.25, -0.2) is 4.79 Å². The maximum absolute atomic E-state index is 13.1. The minimum Gasteiger partial charge on any atom is -0.455 e. The highest BCUT2D eigenvalue weighted by atomic mass is 32.2. The van der Waals surface area contributed by atoms with Gasteiger partial charge in [0.2, 0.25) is 0 Å². The van der Waals surface area contributed by atoms with Crippen LogP contribution in [0.2, 0.25) is 0 Å². The minimum absolute atomic E-state index is 0.159. The van der Waals surface area contributed by atoms with E-state index in [0.29, 0.717) is 18.4 Å². The van der Waals surface area contributed by atoms with E-state index in [-0.39, 0.29) is 16.7 Å². The Balaban J connectivity index is 1.76. The Morgan fingerprint density at radius 1 is 1.59 bits per heavy atom. The molecule has 0 radical (unpaired) electrons. The van der Waals surface area contributed by atoms with Crippen molar-refractivity contribution in [3.63, 3.8) is 0 Å². The molecule has 22 heavy (non-hydrogen) atoms. The van der Waals surface area contributed by atoms with Crippen LogP contribution in [-0.2, 0) is 19.6 Å². The van der Waals surface area contributed by atoms with Crippen LogP contribution in [0.25, 0.3) is 0 Å². The van der Waals surface area contributed by atoms with E-state index in [1.807, 2.05) is 0 Å². The van der Waals surface area contributed by atoms with Crippen molar-refractivity contribution in [2.24, 2.45) is 16.7 Å². The Hall–Kier alpha value is -1.46. The maximum Gasteiger partial charge on any atom is 0.402 e. The predicted molar refractivity (Wildman–Crippen MR) is 71.2 cm³/mol. The molecule has 1 spiro atoms. The number of hydrogen-bond acceptors (Lipinski definition) is 4. The number of carbonyl (C=O) groups excluding carboxylic acids is 1. The van der Waals surface area contributed by atoms with Gasteiger partial charge in [0.1, 0.15) is 0 Å². The minimum atomic E-state index is -5.62. The van der Waals surface area contributed by atoms with Crippen LogP contribution < -0.4 is 0 Å². The maximum atomic E-state index is 13.1. The molecule has 0 aromatic heterocycles. The Bertz CT molecular complexity index is 748. The van der Waals surface area contributed by atoms with Crippen LogP contribution >= 0.6 is 0 Å². The molecule has 120 valence electrons. The second-order valence-corrected chi connectivity index (χ2v) is 7.90. The molecule has 0 bridgehead atoms. The number of allylic oxidation sites excluding steroid dienone is 1. The average molecular weight is 332 g/mol. The molecule has 0 aromatic rings. The number of ether oxygens (including phenoxy) is 1. The van der Waals surface area contributed by atoms with Crippen molar-refractivity contribution < 1.29 is 31.3 Å². The molecule has 3 unspecified atom stereocenters. The summed E-state index contributed by atoms with van der Waals surface area (Å²) in [5.74, 6) is 1.60. The fraction of sp³-hybridized carbons (Fsp3) is 0.643. The van der Waals surface area contributed by atoms with Gasteiger partial charge in [0, 0.05) is 16.4 Å². The van der Waals surface area contributed by atoms with Gasteiger partial charge < -0.3 is 4.74 Å². The van der Waals surface area contributed by atoms with E-state index in [2.05, 4.69) is 10.7 Å². The molecule has 2 fully saturated rings. The summed E-state index contributed by atoms with van der Waals surface area (Å²) in [6, 6.07) is 0. The predicted octanol–water partition coefficient (Wildman–Crippen LogP) is 1.76. The van der Waals surface area contributed by atoms with Crippen molar-refractivity contribution in [1.29, 1.82) is 0 Å². The monoisotopic (exact) mass is 332 g/mol. The van der Waals surface area contributed by atoms with Crippen LogP contribution in [0.4, 0.5) is 8.78 Å². The normalized spacial score (nSPS) is 36.0. The number of terminal acetylenes is 1. The smallest absolute Gasteiger partial charge is 0.402 e. The fourth-order valence-corrected chi connectivity index (χ4v) is 3.98. The third-order valence-corrected chi connectivity index (χ3v) is 5.92. The highest BCUT2D eigenvalue weighted by Crippen LogP contribution is 2.86. The zero-order valence-electron chi connectivity index (χ0n) is 11.7. The summed E-state index contributed by atoms with van der Waals surface area (Å²) in [6.45, 7) is 0.0611. The number of carbonyl (C=O) groups is 1. The van der Waals surface area contributed by atoms with Crippen LogP contribution in [0.1, 0.15) is 26.2 Å². The third-order valence-electron chi connectivity index (χ3n) is 5.04. The lowest BCUT2D eigenvalue weighted by molar-refractivity contribution is -0.145. The summed E-state index contributed by atoms with van der Waals surface area (Å²) in [5.41, 5.74) is 0.803. The molecular weight excluding hydrogens is 318 g/mol. The highest BCUT2D eigenvalue weighted by molar-refractivity contribution is 7.86. The van der Waals surface area contributed by atoms with Crippen molar-refractivity contribution in [2.75, 3.05) is 6.61 Å². The lowest BCUT2D eigenvalue weighted by Crippen LogP contribution is -2.35. The van der Waals surface area contributed by atoms with Gasteiger partial charge >= 0.3 is 21.3 Å². The second kappa shape index (κ2) is 4.09. The number of alkyl halides is 2. The molecule has 0 aliphatic heterocycles. The van der Waals surface area contributed by atoms with Crippen molar-refractivity contribution in [2.45, 2.75) is 31.4 Å². The molecule has 3 aliphatic carbocycles. The van der Waals surface area contributed by atoms with E-state index in [9.17, 15) is 22.0 Å². The van der Waals surface area contributed by atoms with E-state index in [0.717, 1.165) is 12.0 Å². The Kier molecular flexibility index (Phi) is 2.87. The molecule has 5 nitrogen and oxygen atoms in total. The van der Waals surface area contributed by atoms with Gasteiger partial charge in [0.05, 0.1) is 0 Å². The SMILES string of the molecule is C#CC12CC(C)C(C(=O)OCC(F)(F)S(=O)(=O)O)=C3CC31C2. The molecule has 8 heteroatoms. The first kappa shape index (κ1) is 15.4. The zero-order valence-corrected chi connectivity index (χ0v) is 12.5. The summed E-state index contributed by atoms with van der Waals surface area (Å²) in [5, 5.41) is -4.52. The second-order valence-electron chi connectivity index (χ2n) is 6.35. The van der Waals surface area contributed by atoms with Crippen LogP contribution in [0.15, 0.2) is 11.1 Å².